The molecule has 1 aromatic carbocycles. The Kier molecular flexibility index (Phi) is 4.66. The number of amides is 1. The fourth-order valence-electron chi connectivity index (χ4n) is 2.04. The molecule has 0 fully saturated rings. The summed E-state index contributed by atoms with van der Waals surface area (Å²) in [5.74, 6) is -0.544. The lowest BCUT2D eigenvalue weighted by atomic mass is 10.2. The Labute approximate surface area is 121 Å². The minimum atomic E-state index is -0.816. The van der Waals surface area contributed by atoms with Crippen molar-refractivity contribution in [3.8, 4) is 0 Å². The molecule has 0 aliphatic rings. The zero-order chi connectivity index (χ0) is 15.4. The molecule has 7 heteroatoms. The van der Waals surface area contributed by atoms with Gasteiger partial charge in [-0.25, -0.2) is 0 Å². The lowest BCUT2D eigenvalue weighted by molar-refractivity contribution is 0.0377. The van der Waals surface area contributed by atoms with Crippen LogP contribution in [0.3, 0.4) is 0 Å². The number of hydrogen-bond acceptors (Lipinski definition) is 5. The van der Waals surface area contributed by atoms with Crippen LogP contribution in [0.4, 0.5) is 0 Å². The molecule has 0 radical (unpaired) electrons. The number of aliphatic hydroxyl groups excluding tert-OH is 1. The molecule has 21 heavy (non-hydrogen) atoms. The highest BCUT2D eigenvalue weighted by molar-refractivity contribution is 5.95. The second-order valence-electron chi connectivity index (χ2n) is 4.74. The molecule has 0 aliphatic carbocycles. The number of rotatable bonds is 5. The van der Waals surface area contributed by atoms with Gasteiger partial charge in [-0.1, -0.05) is 12.1 Å². The summed E-state index contributed by atoms with van der Waals surface area (Å²) in [5, 5.41) is 16.6. The molecule has 0 aliphatic heterocycles. The minimum absolute atomic E-state index is 0.0562. The molecule has 0 bridgehead atoms. The fourth-order valence-corrected chi connectivity index (χ4v) is 2.04. The highest BCUT2D eigenvalue weighted by Crippen LogP contribution is 2.06. The topological polar surface area (TPSA) is 95.5 Å². The number of aromatic amines is 1. The third-order valence-corrected chi connectivity index (χ3v) is 3.07. The second kappa shape index (κ2) is 6.47. The van der Waals surface area contributed by atoms with Crippen LogP contribution in [0, 0.1) is 0 Å². The fraction of sp³-hybridized carbons (Fsp3) is 0.357. The molecule has 1 atom stereocenters. The van der Waals surface area contributed by atoms with Crippen LogP contribution in [0.2, 0.25) is 0 Å². The first kappa shape index (κ1) is 15.1. The molecule has 2 N–H and O–H groups in total. The third-order valence-electron chi connectivity index (χ3n) is 3.07. The highest BCUT2D eigenvalue weighted by Gasteiger charge is 2.20. The summed E-state index contributed by atoms with van der Waals surface area (Å²) < 4.78 is 4.80. The number of carbonyl (C=O) groups is 1. The van der Waals surface area contributed by atoms with Gasteiger partial charge >= 0.3 is 0 Å². The van der Waals surface area contributed by atoms with Crippen LogP contribution in [0.1, 0.15) is 10.5 Å². The highest BCUT2D eigenvalue weighted by atomic mass is 16.5. The summed E-state index contributed by atoms with van der Waals surface area (Å²) in [4.78, 5) is 25.8. The number of likely N-dealkylation sites (N-methyl/N-ethyl adjacent to an activating group) is 1. The summed E-state index contributed by atoms with van der Waals surface area (Å²) in [5.41, 5.74) is -0.0515. The predicted molar refractivity (Wildman–Crippen MR) is 77.2 cm³/mol. The van der Waals surface area contributed by atoms with Crippen LogP contribution in [0.15, 0.2) is 29.1 Å². The van der Waals surface area contributed by atoms with E-state index in [2.05, 4.69) is 10.2 Å². The molecule has 0 saturated heterocycles. The standard InChI is InChI=1S/C14H17N3O4/c1-17(7-9(18)8-21-2)14(20)12-13(19)10-5-3-4-6-11(10)15-16-12/h3-6,9,18H,7-8H2,1-2H3,(H,15,19). The first-order chi connectivity index (χ1) is 10.0. The van der Waals surface area contributed by atoms with E-state index >= 15 is 0 Å². The lowest BCUT2D eigenvalue weighted by Crippen LogP contribution is -2.38. The number of aliphatic hydroxyl groups is 1. The van der Waals surface area contributed by atoms with Gasteiger partial charge in [0, 0.05) is 26.1 Å². The van der Waals surface area contributed by atoms with Crippen molar-refractivity contribution >= 4 is 16.8 Å². The summed E-state index contributed by atoms with van der Waals surface area (Å²) in [6.07, 6.45) is -0.816. The molecule has 2 aromatic rings. The number of ether oxygens (including phenoxy) is 1. The number of fused-ring (bicyclic) bond motifs is 1. The first-order valence-electron chi connectivity index (χ1n) is 6.44. The van der Waals surface area contributed by atoms with Crippen molar-refractivity contribution in [1.29, 1.82) is 0 Å². The van der Waals surface area contributed by atoms with Crippen molar-refractivity contribution in [1.82, 2.24) is 15.1 Å². The van der Waals surface area contributed by atoms with Gasteiger partial charge in [-0.2, -0.15) is 5.10 Å². The van der Waals surface area contributed by atoms with Crippen molar-refractivity contribution in [3.63, 3.8) is 0 Å². The zero-order valence-electron chi connectivity index (χ0n) is 11.9. The van der Waals surface area contributed by atoms with Crippen LogP contribution in [0.5, 0.6) is 0 Å². The van der Waals surface area contributed by atoms with E-state index in [1.54, 1.807) is 24.3 Å². The van der Waals surface area contributed by atoms with Crippen molar-refractivity contribution in [2.24, 2.45) is 0 Å². The molecular weight excluding hydrogens is 274 g/mol. The van der Waals surface area contributed by atoms with E-state index in [0.29, 0.717) is 10.9 Å². The quantitative estimate of drug-likeness (QED) is 0.808. The van der Waals surface area contributed by atoms with E-state index < -0.39 is 17.4 Å². The first-order valence-corrected chi connectivity index (χ1v) is 6.44. The van der Waals surface area contributed by atoms with E-state index in [4.69, 9.17) is 4.74 Å². The van der Waals surface area contributed by atoms with Crippen LogP contribution >= 0.6 is 0 Å². The van der Waals surface area contributed by atoms with E-state index in [-0.39, 0.29) is 18.8 Å². The molecule has 1 unspecified atom stereocenters. The summed E-state index contributed by atoms with van der Waals surface area (Å²) in [6, 6.07) is 6.84. The molecule has 0 saturated carbocycles. The number of para-hydroxylation sites is 1. The molecule has 0 spiro atoms. The maximum absolute atomic E-state index is 12.3. The van der Waals surface area contributed by atoms with Crippen LogP contribution < -0.4 is 5.43 Å². The lowest BCUT2D eigenvalue weighted by Gasteiger charge is -2.19. The van der Waals surface area contributed by atoms with Gasteiger partial charge in [-0.3, -0.25) is 14.7 Å². The Morgan fingerprint density at radius 1 is 1.48 bits per heavy atom. The maximum Gasteiger partial charge on any atom is 0.278 e. The van der Waals surface area contributed by atoms with Crippen molar-refractivity contribution < 1.29 is 14.6 Å². The van der Waals surface area contributed by atoms with Gasteiger partial charge in [0.1, 0.15) is 0 Å². The summed E-state index contributed by atoms with van der Waals surface area (Å²) in [7, 11) is 2.96. The number of methoxy groups -OCH3 is 1. The Morgan fingerprint density at radius 2 is 2.19 bits per heavy atom. The number of nitrogens with one attached hydrogen (secondary N) is 1. The Hall–Kier alpha value is -2.25. The van der Waals surface area contributed by atoms with Gasteiger partial charge in [-0.15, -0.1) is 0 Å². The number of H-pyrrole nitrogens is 1. The number of benzene rings is 1. The smallest absolute Gasteiger partial charge is 0.278 e. The van der Waals surface area contributed by atoms with Gasteiger partial charge < -0.3 is 14.7 Å². The van der Waals surface area contributed by atoms with Gasteiger partial charge in [0.05, 0.1) is 18.2 Å². The van der Waals surface area contributed by atoms with Crippen molar-refractivity contribution in [2.75, 3.05) is 27.3 Å². The van der Waals surface area contributed by atoms with E-state index in [1.165, 1.54) is 19.1 Å². The van der Waals surface area contributed by atoms with Crippen molar-refractivity contribution in [2.45, 2.75) is 6.10 Å². The van der Waals surface area contributed by atoms with Gasteiger partial charge in [0.2, 0.25) is 5.43 Å². The molecule has 7 nitrogen and oxygen atoms in total. The average Bonchev–Trinajstić information content (AvgIpc) is 2.47. The molecule has 1 heterocycles. The molecule has 1 aromatic heterocycles. The van der Waals surface area contributed by atoms with Gasteiger partial charge in [0.15, 0.2) is 5.69 Å². The largest absolute Gasteiger partial charge is 0.389 e. The molecule has 112 valence electrons. The minimum Gasteiger partial charge on any atom is -0.389 e. The second-order valence-corrected chi connectivity index (χ2v) is 4.74. The molecule has 2 rings (SSSR count). The van der Waals surface area contributed by atoms with E-state index in [0.717, 1.165) is 0 Å². The Morgan fingerprint density at radius 3 is 2.90 bits per heavy atom. The summed E-state index contributed by atoms with van der Waals surface area (Å²) >= 11 is 0. The summed E-state index contributed by atoms with van der Waals surface area (Å²) in [6.45, 7) is 0.166. The van der Waals surface area contributed by atoms with E-state index in [9.17, 15) is 14.7 Å². The Bertz CT molecular complexity index is 698. The number of aromatic nitrogens is 2. The molecule has 1 amide bonds. The zero-order valence-corrected chi connectivity index (χ0v) is 11.9. The van der Waals surface area contributed by atoms with E-state index in [1.807, 2.05) is 0 Å². The van der Waals surface area contributed by atoms with Gasteiger partial charge in [0.25, 0.3) is 5.91 Å². The van der Waals surface area contributed by atoms with Crippen LogP contribution in [0.25, 0.3) is 10.9 Å². The third kappa shape index (κ3) is 3.26. The predicted octanol–water partition coefficient (Wildman–Crippen LogP) is 0.00240. The maximum atomic E-state index is 12.3. The van der Waals surface area contributed by atoms with Crippen LogP contribution in [-0.2, 0) is 4.74 Å². The Balaban J connectivity index is 2.27. The van der Waals surface area contributed by atoms with Crippen molar-refractivity contribution in [3.05, 3.63) is 40.2 Å². The number of hydrogen-bond donors (Lipinski definition) is 2. The van der Waals surface area contributed by atoms with Gasteiger partial charge in [-0.05, 0) is 12.1 Å². The SMILES string of the molecule is COCC(O)CN(C)C(=O)c1n[nH]c2ccccc2c1=O. The average molecular weight is 291 g/mol. The normalized spacial score (nSPS) is 12.3. The molecular formula is C14H17N3O4. The number of nitrogens with zero attached hydrogens (tertiary/aromatic N) is 2. The van der Waals surface area contributed by atoms with Crippen LogP contribution in [-0.4, -0.2) is 59.5 Å². The monoisotopic (exact) mass is 291 g/mol. The number of carbonyl (C=O) groups excluding carboxylic acids is 1.